The first-order valence-electron chi connectivity index (χ1n) is 16.1. The van der Waals surface area contributed by atoms with E-state index < -0.39 is 12.2 Å². The van der Waals surface area contributed by atoms with E-state index in [9.17, 15) is 10.2 Å². The summed E-state index contributed by atoms with van der Waals surface area (Å²) in [6.45, 7) is 13.1. The highest BCUT2D eigenvalue weighted by molar-refractivity contribution is 5.48. The first-order valence-corrected chi connectivity index (χ1v) is 16.1. The van der Waals surface area contributed by atoms with Crippen LogP contribution in [0.15, 0.2) is 36.4 Å². The molecule has 2 aromatic rings. The van der Waals surface area contributed by atoms with Crippen molar-refractivity contribution in [2.45, 2.75) is 123 Å². The number of ether oxygens (including phenoxy) is 2. The van der Waals surface area contributed by atoms with Crippen molar-refractivity contribution in [3.63, 3.8) is 0 Å². The molecule has 0 amide bonds. The second kappa shape index (κ2) is 17.9. The molecule has 0 aliphatic carbocycles. The Labute approximate surface area is 255 Å². The van der Waals surface area contributed by atoms with E-state index in [1.807, 2.05) is 19.1 Å². The van der Waals surface area contributed by atoms with Crippen LogP contribution in [0.5, 0.6) is 11.5 Å². The van der Waals surface area contributed by atoms with E-state index in [-0.39, 0.29) is 30.7 Å². The molecule has 0 saturated carbocycles. The van der Waals surface area contributed by atoms with Crippen LogP contribution in [-0.2, 0) is 5.41 Å². The topological polar surface area (TPSA) is 99.4 Å². The number of rotatable bonds is 21. The summed E-state index contributed by atoms with van der Waals surface area (Å²) in [5, 5.41) is 38.6. The third-order valence-electron chi connectivity index (χ3n) is 9.08. The average molecular weight is 587 g/mol. The molecule has 2 rings (SSSR count). The zero-order valence-corrected chi connectivity index (χ0v) is 27.1. The van der Waals surface area contributed by atoms with E-state index in [1.165, 1.54) is 36.8 Å². The molecule has 0 spiro atoms. The lowest BCUT2D eigenvalue weighted by molar-refractivity contribution is 0.00551. The van der Waals surface area contributed by atoms with Gasteiger partial charge in [-0.2, -0.15) is 0 Å². The molecule has 0 unspecified atom stereocenters. The van der Waals surface area contributed by atoms with Crippen LogP contribution in [0.25, 0.3) is 0 Å². The van der Waals surface area contributed by atoms with Crippen LogP contribution in [0.1, 0.15) is 114 Å². The first-order chi connectivity index (χ1) is 20.0. The van der Waals surface area contributed by atoms with Crippen LogP contribution in [0.4, 0.5) is 0 Å². The van der Waals surface area contributed by atoms with Crippen LogP contribution in [-0.4, -0.2) is 59.1 Å². The summed E-state index contributed by atoms with van der Waals surface area (Å²) in [6.07, 6.45) is 9.30. The molecule has 0 bridgehead atoms. The number of aliphatic hydroxyl groups excluding tert-OH is 4. The Bertz CT molecular complexity index is 1050. The maximum atomic E-state index is 11.0. The van der Waals surface area contributed by atoms with Crippen LogP contribution >= 0.6 is 0 Å². The Morgan fingerprint density at radius 1 is 0.690 bits per heavy atom. The Hall–Kier alpha value is -2.12. The maximum absolute atomic E-state index is 11.0. The normalized spacial score (nSPS) is 13.7. The predicted molar refractivity (Wildman–Crippen MR) is 172 cm³/mol. The van der Waals surface area contributed by atoms with Gasteiger partial charge in [-0.1, -0.05) is 90.5 Å². The molecule has 2 atom stereocenters. The monoisotopic (exact) mass is 586 g/mol. The molecule has 0 radical (unpaired) electrons. The number of hydrogen-bond donors (Lipinski definition) is 4. The van der Waals surface area contributed by atoms with Crippen LogP contribution in [0, 0.1) is 19.3 Å². The van der Waals surface area contributed by atoms with Crippen molar-refractivity contribution in [1.29, 1.82) is 0 Å². The first kappa shape index (κ1) is 36.1. The summed E-state index contributed by atoms with van der Waals surface area (Å²) in [4.78, 5) is 0. The summed E-state index contributed by atoms with van der Waals surface area (Å²) >= 11 is 0. The van der Waals surface area contributed by atoms with Crippen molar-refractivity contribution >= 4 is 0 Å². The lowest BCUT2D eigenvalue weighted by Gasteiger charge is -2.34. The molecule has 6 heteroatoms. The maximum Gasteiger partial charge on any atom is 0.122 e. The van der Waals surface area contributed by atoms with Crippen molar-refractivity contribution in [2.75, 3.05) is 26.4 Å². The van der Waals surface area contributed by atoms with Gasteiger partial charge in [0, 0.05) is 12.0 Å². The molecule has 0 aliphatic rings. The fourth-order valence-corrected chi connectivity index (χ4v) is 5.83. The van der Waals surface area contributed by atoms with E-state index in [0.717, 1.165) is 55.4 Å². The van der Waals surface area contributed by atoms with Gasteiger partial charge in [0.1, 0.15) is 30.8 Å². The third kappa shape index (κ3) is 10.3. The van der Waals surface area contributed by atoms with Crippen molar-refractivity contribution in [1.82, 2.24) is 0 Å². The van der Waals surface area contributed by atoms with Gasteiger partial charge in [-0.25, -0.2) is 0 Å². The number of aryl methyl sites for hydroxylation is 2. The van der Waals surface area contributed by atoms with E-state index >= 15 is 0 Å². The number of aliphatic hydroxyl groups is 4. The third-order valence-corrected chi connectivity index (χ3v) is 9.08. The highest BCUT2D eigenvalue weighted by Crippen LogP contribution is 2.41. The van der Waals surface area contributed by atoms with E-state index in [4.69, 9.17) is 19.7 Å². The van der Waals surface area contributed by atoms with Crippen molar-refractivity contribution < 1.29 is 29.9 Å². The molecule has 0 heterocycles. The van der Waals surface area contributed by atoms with E-state index in [0.29, 0.717) is 12.4 Å². The number of benzene rings is 2. The summed E-state index contributed by atoms with van der Waals surface area (Å²) in [5.41, 5.74) is 4.12. The highest BCUT2D eigenvalue weighted by Gasteiger charge is 2.32. The fraction of sp³-hybridized carbons (Fsp3) is 0.667. The van der Waals surface area contributed by atoms with Crippen LogP contribution in [0.3, 0.4) is 0 Å². The highest BCUT2D eigenvalue weighted by atomic mass is 16.5. The molecule has 0 aromatic heterocycles. The average Bonchev–Trinajstić information content (AvgIpc) is 2.98. The lowest BCUT2D eigenvalue weighted by atomic mass is 9.70. The second-order valence-corrected chi connectivity index (χ2v) is 12.7. The molecule has 2 aromatic carbocycles. The van der Waals surface area contributed by atoms with Crippen LogP contribution < -0.4 is 9.47 Å². The fourth-order valence-electron chi connectivity index (χ4n) is 5.83. The quantitative estimate of drug-likeness (QED) is 0.117. The van der Waals surface area contributed by atoms with Gasteiger partial charge in [0.2, 0.25) is 0 Å². The van der Waals surface area contributed by atoms with Gasteiger partial charge in [-0.05, 0) is 79.3 Å². The van der Waals surface area contributed by atoms with Crippen molar-refractivity contribution in [2.24, 2.45) is 5.41 Å². The van der Waals surface area contributed by atoms with Gasteiger partial charge in [-0.3, -0.25) is 0 Å². The van der Waals surface area contributed by atoms with Gasteiger partial charge in [0.15, 0.2) is 0 Å². The molecule has 6 nitrogen and oxygen atoms in total. The second-order valence-electron chi connectivity index (χ2n) is 12.7. The van der Waals surface area contributed by atoms with E-state index in [2.05, 4.69) is 58.9 Å². The molecule has 42 heavy (non-hydrogen) atoms. The molecular formula is C36H58O6. The van der Waals surface area contributed by atoms with Crippen molar-refractivity contribution in [3.05, 3.63) is 58.7 Å². The van der Waals surface area contributed by atoms with Gasteiger partial charge in [0.05, 0.1) is 12.7 Å². The molecule has 0 fully saturated rings. The zero-order valence-electron chi connectivity index (χ0n) is 27.1. The molecule has 4 N–H and O–H groups in total. The SMILES string of the molecule is CCC(CC)(c1ccc(OC[C@@H](O)CO)c(C)c1)c1ccc(OC[C@H](O)C(C)(C)CCCCCCCCCO)c(C)c1. The van der Waals surface area contributed by atoms with Crippen LogP contribution in [0.2, 0.25) is 0 Å². The van der Waals surface area contributed by atoms with Gasteiger partial charge in [-0.15, -0.1) is 0 Å². The zero-order chi connectivity index (χ0) is 31.2. The summed E-state index contributed by atoms with van der Waals surface area (Å²) in [7, 11) is 0. The number of unbranched alkanes of at least 4 members (excludes halogenated alkanes) is 6. The number of hydrogen-bond acceptors (Lipinski definition) is 6. The Morgan fingerprint density at radius 3 is 1.62 bits per heavy atom. The smallest absolute Gasteiger partial charge is 0.122 e. The van der Waals surface area contributed by atoms with E-state index in [1.54, 1.807) is 0 Å². The summed E-state index contributed by atoms with van der Waals surface area (Å²) in [5.74, 6) is 1.52. The minimum Gasteiger partial charge on any atom is -0.491 e. The standard InChI is InChI=1S/C36H58O6/c1-7-36(8-2,29-16-18-32(27(3)22-29)41-25-31(39)24-38)30-17-19-33(28(4)23-30)42-26-34(40)35(5,6)20-14-12-10-9-11-13-15-21-37/h16-19,22-23,31,34,37-40H,7-15,20-21,24-26H2,1-6H3/t31-,34-/m0/s1. The summed E-state index contributed by atoms with van der Waals surface area (Å²) < 4.78 is 11.9. The Morgan fingerprint density at radius 2 is 1.17 bits per heavy atom. The lowest BCUT2D eigenvalue weighted by Crippen LogP contribution is -2.34. The molecule has 238 valence electrons. The molecule has 0 saturated heterocycles. The van der Waals surface area contributed by atoms with Gasteiger partial charge >= 0.3 is 0 Å². The molecular weight excluding hydrogens is 528 g/mol. The summed E-state index contributed by atoms with van der Waals surface area (Å²) in [6, 6.07) is 12.7. The van der Waals surface area contributed by atoms with Gasteiger partial charge < -0.3 is 29.9 Å². The van der Waals surface area contributed by atoms with Gasteiger partial charge in [0.25, 0.3) is 0 Å². The largest absolute Gasteiger partial charge is 0.491 e. The van der Waals surface area contributed by atoms with Crippen molar-refractivity contribution in [3.8, 4) is 11.5 Å². The molecule has 0 aliphatic heterocycles. The minimum atomic E-state index is -0.895. The Balaban J connectivity index is 2.03. The minimum absolute atomic E-state index is 0.0582. The predicted octanol–water partition coefficient (Wildman–Crippen LogP) is 7.02. The Kier molecular flexibility index (Phi) is 15.3.